The number of hydrogen-bond acceptors (Lipinski definition) is 3. The predicted molar refractivity (Wildman–Crippen MR) is 68.2 cm³/mol. The maximum atomic E-state index is 4.53. The van der Waals surface area contributed by atoms with Crippen molar-refractivity contribution in [1.82, 2.24) is 9.97 Å². The van der Waals surface area contributed by atoms with Gasteiger partial charge in [0.15, 0.2) is 0 Å². The normalized spacial score (nSPS) is 14.6. The highest BCUT2D eigenvalue weighted by atomic mass is 15.0. The number of hydrogen-bond donors (Lipinski definition) is 1. The average molecular weight is 225 g/mol. The predicted octanol–water partition coefficient (Wildman–Crippen LogP) is 2.40. The fourth-order valence-corrected chi connectivity index (χ4v) is 2.45. The van der Waals surface area contributed by atoms with Gasteiger partial charge in [-0.25, -0.2) is 9.97 Å². The summed E-state index contributed by atoms with van der Waals surface area (Å²) < 4.78 is 0. The van der Waals surface area contributed by atoms with Crippen LogP contribution in [0, 0.1) is 0 Å². The molecule has 1 aromatic heterocycles. The summed E-state index contributed by atoms with van der Waals surface area (Å²) in [5.74, 6) is 2.28. The van der Waals surface area contributed by atoms with Crippen LogP contribution in [0.1, 0.15) is 22.9 Å². The van der Waals surface area contributed by atoms with Gasteiger partial charge in [-0.05, 0) is 30.0 Å². The van der Waals surface area contributed by atoms with Gasteiger partial charge >= 0.3 is 0 Å². The molecule has 2 aromatic rings. The number of fused-ring (bicyclic) bond motifs is 1. The molecule has 0 bridgehead atoms. The van der Waals surface area contributed by atoms with Gasteiger partial charge in [-0.2, -0.15) is 0 Å². The van der Waals surface area contributed by atoms with Crippen LogP contribution in [-0.2, 0) is 12.8 Å². The van der Waals surface area contributed by atoms with Crippen molar-refractivity contribution in [3.63, 3.8) is 0 Å². The molecule has 1 N–H and O–H groups in total. The van der Waals surface area contributed by atoms with E-state index < -0.39 is 0 Å². The first-order valence-electron chi connectivity index (χ1n) is 5.94. The van der Waals surface area contributed by atoms with E-state index in [0.717, 1.165) is 24.5 Å². The summed E-state index contributed by atoms with van der Waals surface area (Å²) in [6.45, 7) is 0. The van der Waals surface area contributed by atoms with E-state index in [1.54, 1.807) is 0 Å². The highest BCUT2D eigenvalue weighted by Gasteiger charge is 2.24. The molecule has 0 saturated heterocycles. The second-order valence-corrected chi connectivity index (χ2v) is 4.42. The number of benzene rings is 1. The van der Waals surface area contributed by atoms with Gasteiger partial charge in [0, 0.05) is 19.2 Å². The van der Waals surface area contributed by atoms with Crippen LogP contribution in [0.2, 0.25) is 0 Å². The van der Waals surface area contributed by atoms with Crippen molar-refractivity contribution >= 4 is 5.82 Å². The lowest BCUT2D eigenvalue weighted by molar-refractivity contribution is 0.683. The van der Waals surface area contributed by atoms with Crippen LogP contribution in [0.25, 0.3) is 0 Å². The Kier molecular flexibility index (Phi) is 2.52. The molecule has 3 rings (SSSR count). The SMILES string of the molecule is CNc1ccnc(C2Cc3ccccc3C2)n1. The van der Waals surface area contributed by atoms with E-state index in [0.29, 0.717) is 5.92 Å². The molecule has 1 aromatic carbocycles. The molecule has 3 heteroatoms. The van der Waals surface area contributed by atoms with Crippen LogP contribution in [-0.4, -0.2) is 17.0 Å². The first-order chi connectivity index (χ1) is 8.36. The van der Waals surface area contributed by atoms with Crippen molar-refractivity contribution in [2.75, 3.05) is 12.4 Å². The molecule has 1 aliphatic carbocycles. The molecule has 0 aliphatic heterocycles. The molecular weight excluding hydrogens is 210 g/mol. The monoisotopic (exact) mass is 225 g/mol. The molecule has 3 nitrogen and oxygen atoms in total. The quantitative estimate of drug-likeness (QED) is 0.852. The second kappa shape index (κ2) is 4.17. The minimum atomic E-state index is 0.431. The van der Waals surface area contributed by atoms with Gasteiger partial charge < -0.3 is 5.32 Å². The number of aromatic nitrogens is 2. The van der Waals surface area contributed by atoms with Crippen molar-refractivity contribution in [3.05, 3.63) is 53.5 Å². The molecule has 1 aliphatic rings. The standard InChI is InChI=1S/C14H15N3/c1-15-13-6-7-16-14(17-13)12-8-10-4-2-3-5-11(10)9-12/h2-7,12H,8-9H2,1H3,(H,15,16,17). The lowest BCUT2D eigenvalue weighted by Gasteiger charge is -2.08. The van der Waals surface area contributed by atoms with Crippen molar-refractivity contribution in [2.45, 2.75) is 18.8 Å². The van der Waals surface area contributed by atoms with Crippen molar-refractivity contribution in [1.29, 1.82) is 0 Å². The van der Waals surface area contributed by atoms with Crippen molar-refractivity contribution in [3.8, 4) is 0 Å². The lowest BCUT2D eigenvalue weighted by atomic mass is 10.1. The minimum absolute atomic E-state index is 0.431. The van der Waals surface area contributed by atoms with E-state index in [9.17, 15) is 0 Å². The number of nitrogens with one attached hydrogen (secondary N) is 1. The molecule has 0 atom stereocenters. The summed E-state index contributed by atoms with van der Waals surface area (Å²) >= 11 is 0. The third kappa shape index (κ3) is 1.88. The zero-order chi connectivity index (χ0) is 11.7. The lowest BCUT2D eigenvalue weighted by Crippen LogP contribution is -2.06. The fourth-order valence-electron chi connectivity index (χ4n) is 2.45. The Hall–Kier alpha value is -1.90. The van der Waals surface area contributed by atoms with Gasteiger partial charge in [-0.1, -0.05) is 24.3 Å². The molecule has 0 saturated carbocycles. The smallest absolute Gasteiger partial charge is 0.134 e. The molecule has 0 radical (unpaired) electrons. The second-order valence-electron chi connectivity index (χ2n) is 4.42. The van der Waals surface area contributed by atoms with Crippen molar-refractivity contribution in [2.24, 2.45) is 0 Å². The molecule has 17 heavy (non-hydrogen) atoms. The third-order valence-electron chi connectivity index (χ3n) is 3.35. The summed E-state index contributed by atoms with van der Waals surface area (Å²) in [5.41, 5.74) is 2.88. The third-order valence-corrected chi connectivity index (χ3v) is 3.35. The molecule has 0 spiro atoms. The topological polar surface area (TPSA) is 37.8 Å². The Bertz CT molecular complexity index is 511. The van der Waals surface area contributed by atoms with E-state index in [1.165, 1.54) is 11.1 Å². The maximum Gasteiger partial charge on any atom is 0.134 e. The highest BCUT2D eigenvalue weighted by Crippen LogP contribution is 2.32. The van der Waals surface area contributed by atoms with Crippen LogP contribution in [0.15, 0.2) is 36.5 Å². The number of nitrogens with zero attached hydrogens (tertiary/aromatic N) is 2. The number of anilines is 1. The Morgan fingerprint density at radius 2 is 1.82 bits per heavy atom. The first-order valence-corrected chi connectivity index (χ1v) is 5.94. The molecule has 1 heterocycles. The zero-order valence-electron chi connectivity index (χ0n) is 9.85. The number of rotatable bonds is 2. The van der Waals surface area contributed by atoms with Crippen LogP contribution < -0.4 is 5.32 Å². The minimum Gasteiger partial charge on any atom is -0.373 e. The summed E-state index contributed by atoms with van der Waals surface area (Å²) in [5, 5.41) is 3.06. The Morgan fingerprint density at radius 3 is 2.47 bits per heavy atom. The van der Waals surface area contributed by atoms with Gasteiger partial charge in [0.25, 0.3) is 0 Å². The van der Waals surface area contributed by atoms with Crippen LogP contribution >= 0.6 is 0 Å². The highest BCUT2D eigenvalue weighted by molar-refractivity contribution is 5.37. The average Bonchev–Trinajstić information content (AvgIpc) is 2.82. The maximum absolute atomic E-state index is 4.53. The fraction of sp³-hybridized carbons (Fsp3) is 0.286. The van der Waals surface area contributed by atoms with Gasteiger partial charge in [-0.15, -0.1) is 0 Å². The Labute approximate surface area is 101 Å². The van der Waals surface area contributed by atoms with Gasteiger partial charge in [-0.3, -0.25) is 0 Å². The Balaban J connectivity index is 1.88. The van der Waals surface area contributed by atoms with Gasteiger partial charge in [0.1, 0.15) is 11.6 Å². The summed E-state index contributed by atoms with van der Waals surface area (Å²) in [6, 6.07) is 10.5. The summed E-state index contributed by atoms with van der Waals surface area (Å²) in [4.78, 5) is 8.94. The molecular formula is C14H15N3. The molecule has 0 fully saturated rings. The van der Waals surface area contributed by atoms with Gasteiger partial charge in [0.05, 0.1) is 0 Å². The van der Waals surface area contributed by atoms with E-state index in [1.807, 2.05) is 19.3 Å². The zero-order valence-corrected chi connectivity index (χ0v) is 9.85. The summed E-state index contributed by atoms with van der Waals surface area (Å²) in [6.07, 6.45) is 3.95. The Morgan fingerprint density at radius 1 is 1.12 bits per heavy atom. The first kappa shape index (κ1) is 10.3. The molecule has 86 valence electrons. The molecule has 0 unspecified atom stereocenters. The van der Waals surface area contributed by atoms with E-state index in [4.69, 9.17) is 0 Å². The van der Waals surface area contributed by atoms with Crippen LogP contribution in [0.3, 0.4) is 0 Å². The molecule has 0 amide bonds. The van der Waals surface area contributed by atoms with Gasteiger partial charge in [0.2, 0.25) is 0 Å². The van der Waals surface area contributed by atoms with E-state index in [2.05, 4.69) is 39.6 Å². The van der Waals surface area contributed by atoms with E-state index >= 15 is 0 Å². The summed E-state index contributed by atoms with van der Waals surface area (Å²) in [7, 11) is 1.88. The van der Waals surface area contributed by atoms with Crippen molar-refractivity contribution < 1.29 is 0 Å². The van der Waals surface area contributed by atoms with Crippen LogP contribution in [0.5, 0.6) is 0 Å². The van der Waals surface area contributed by atoms with E-state index in [-0.39, 0.29) is 0 Å². The largest absolute Gasteiger partial charge is 0.373 e. The van der Waals surface area contributed by atoms with Crippen LogP contribution in [0.4, 0.5) is 5.82 Å².